The molecule has 3 nitrogen and oxygen atoms in total. The van der Waals surface area contributed by atoms with E-state index in [1.165, 1.54) is 9.24 Å². The average Bonchev–Trinajstić information content (AvgIpc) is 3.58. The summed E-state index contributed by atoms with van der Waals surface area (Å²) in [6.07, 6.45) is 7.98. The van der Waals surface area contributed by atoms with Gasteiger partial charge in [0.05, 0.1) is 17.5 Å². The van der Waals surface area contributed by atoms with E-state index in [1.54, 1.807) is 12.1 Å². The number of rotatable bonds is 7. The summed E-state index contributed by atoms with van der Waals surface area (Å²) in [5.41, 5.74) is 5.73. The Labute approximate surface area is 181 Å². The lowest BCUT2D eigenvalue weighted by Crippen LogP contribution is -2.41. The molecule has 30 heavy (non-hydrogen) atoms. The van der Waals surface area contributed by atoms with Crippen molar-refractivity contribution in [2.75, 3.05) is 0 Å². The van der Waals surface area contributed by atoms with Crippen LogP contribution in [0.5, 0.6) is 0 Å². The van der Waals surface area contributed by atoms with Gasteiger partial charge in [0, 0.05) is 17.8 Å². The lowest BCUT2D eigenvalue weighted by Gasteiger charge is -2.43. The van der Waals surface area contributed by atoms with E-state index >= 15 is 0 Å². The molecule has 3 rings (SSSR count). The van der Waals surface area contributed by atoms with Crippen molar-refractivity contribution in [3.05, 3.63) is 53.6 Å². The number of benzene rings is 1. The molecule has 2 unspecified atom stereocenters. The summed E-state index contributed by atoms with van der Waals surface area (Å²) in [7, 11) is 1.51. The summed E-state index contributed by atoms with van der Waals surface area (Å²) < 4.78 is 27.0. The predicted octanol–water partition coefficient (Wildman–Crippen LogP) is 6.01. The topological polar surface area (TPSA) is 53.0 Å². The number of halogens is 2. The van der Waals surface area contributed by atoms with Crippen LogP contribution in [0.1, 0.15) is 69.5 Å². The third kappa shape index (κ3) is 4.61. The van der Waals surface area contributed by atoms with Crippen molar-refractivity contribution in [1.82, 2.24) is 4.90 Å². The van der Waals surface area contributed by atoms with Gasteiger partial charge in [-0.15, -0.1) is 0 Å². The van der Waals surface area contributed by atoms with Gasteiger partial charge in [0.25, 0.3) is 5.66 Å². The van der Waals surface area contributed by atoms with E-state index in [0.29, 0.717) is 17.6 Å². The molecule has 0 heterocycles. The highest BCUT2D eigenvalue weighted by Crippen LogP contribution is 2.46. The summed E-state index contributed by atoms with van der Waals surface area (Å²) in [5, 5.41) is 9.82. The van der Waals surface area contributed by atoms with Gasteiger partial charge in [-0.1, -0.05) is 51.7 Å². The van der Waals surface area contributed by atoms with Crippen LogP contribution in [-0.4, -0.2) is 22.6 Å². The maximum absolute atomic E-state index is 13.5. The SMILES string of the molecule is C=C(c1ccc(C(N)C(F)(F)P)cc1)N(C1CC1)C1CCC(C#N)(/C(C)=C/C)CC1. The summed E-state index contributed by atoms with van der Waals surface area (Å²) in [6.45, 7) is 8.42. The molecule has 0 spiro atoms. The Morgan fingerprint density at radius 3 is 2.23 bits per heavy atom. The minimum absolute atomic E-state index is 0.344. The third-order valence-electron chi connectivity index (χ3n) is 6.87. The lowest BCUT2D eigenvalue weighted by molar-refractivity contribution is 0.0736. The third-order valence-corrected chi connectivity index (χ3v) is 7.23. The summed E-state index contributed by atoms with van der Waals surface area (Å²) in [4.78, 5) is 2.42. The zero-order chi connectivity index (χ0) is 22.1. The molecule has 6 heteroatoms. The first-order valence-electron chi connectivity index (χ1n) is 10.7. The second-order valence-electron chi connectivity index (χ2n) is 8.76. The normalized spacial score (nSPS) is 26.0. The molecule has 0 aliphatic heterocycles. The van der Waals surface area contributed by atoms with Gasteiger partial charge in [-0.05, 0) is 63.5 Å². The Balaban J connectivity index is 1.75. The van der Waals surface area contributed by atoms with Crippen LogP contribution in [0.3, 0.4) is 0 Å². The van der Waals surface area contributed by atoms with Gasteiger partial charge in [0.15, 0.2) is 0 Å². The molecule has 0 amide bonds. The molecule has 2 saturated carbocycles. The molecule has 2 aliphatic rings. The van der Waals surface area contributed by atoms with Crippen LogP contribution in [-0.2, 0) is 0 Å². The summed E-state index contributed by atoms with van der Waals surface area (Å²) in [6, 6.07) is 9.10. The molecule has 1 aromatic carbocycles. The molecule has 2 atom stereocenters. The van der Waals surface area contributed by atoms with Gasteiger partial charge in [0.1, 0.15) is 0 Å². The minimum atomic E-state index is -3.04. The van der Waals surface area contributed by atoms with Gasteiger partial charge >= 0.3 is 0 Å². The van der Waals surface area contributed by atoms with Crippen molar-refractivity contribution >= 4 is 14.9 Å². The molecule has 0 saturated heterocycles. The molecule has 0 aromatic heterocycles. The number of alkyl halides is 2. The van der Waals surface area contributed by atoms with Crippen molar-refractivity contribution < 1.29 is 8.78 Å². The zero-order valence-electron chi connectivity index (χ0n) is 17.9. The number of allylic oxidation sites excluding steroid dienone is 2. The molecular formula is C24H32F2N3P. The van der Waals surface area contributed by atoms with E-state index in [4.69, 9.17) is 5.73 Å². The first-order chi connectivity index (χ1) is 14.1. The molecule has 1 aromatic rings. The Kier molecular flexibility index (Phi) is 6.70. The van der Waals surface area contributed by atoms with Crippen molar-refractivity contribution in [3.8, 4) is 6.07 Å². The largest absolute Gasteiger partial charge is 0.366 e. The van der Waals surface area contributed by atoms with E-state index in [0.717, 1.165) is 55.4 Å². The fourth-order valence-corrected chi connectivity index (χ4v) is 4.78. The lowest BCUT2D eigenvalue weighted by atomic mass is 9.69. The highest BCUT2D eigenvalue weighted by atomic mass is 31.0. The van der Waals surface area contributed by atoms with Crippen molar-refractivity contribution in [1.29, 1.82) is 5.26 Å². The maximum Gasteiger partial charge on any atom is 0.277 e. The van der Waals surface area contributed by atoms with E-state index in [1.807, 2.05) is 19.1 Å². The van der Waals surface area contributed by atoms with Crippen LogP contribution in [0.15, 0.2) is 42.5 Å². The van der Waals surface area contributed by atoms with Crippen molar-refractivity contribution in [2.24, 2.45) is 11.1 Å². The van der Waals surface area contributed by atoms with Gasteiger partial charge in [-0.3, -0.25) is 0 Å². The van der Waals surface area contributed by atoms with Gasteiger partial charge in [-0.25, -0.2) is 8.78 Å². The van der Waals surface area contributed by atoms with E-state index in [9.17, 15) is 14.0 Å². The second-order valence-corrected chi connectivity index (χ2v) is 9.53. The first-order valence-corrected chi connectivity index (χ1v) is 11.2. The van der Waals surface area contributed by atoms with Crippen LogP contribution in [0.4, 0.5) is 8.78 Å². The number of nitrogens with zero attached hydrogens (tertiary/aromatic N) is 2. The average molecular weight is 432 g/mol. The van der Waals surface area contributed by atoms with Gasteiger partial charge in [0.2, 0.25) is 0 Å². The standard InChI is InChI=1S/C24H32F2N3P/c1-4-16(2)23(15-27)13-11-21(12-14-23)29(20-9-10-20)17(3)18-5-7-19(8-6-18)22(28)24(25,26)30/h4-8,20-22H,3,9-14,28,30H2,1-2H3/b16-4+. The zero-order valence-corrected chi connectivity index (χ0v) is 19.0. The fourth-order valence-electron chi connectivity index (χ4n) is 4.59. The first kappa shape index (κ1) is 22.9. The smallest absolute Gasteiger partial charge is 0.277 e. The Bertz CT molecular complexity index is 839. The number of hydrogen-bond donors (Lipinski definition) is 1. The van der Waals surface area contributed by atoms with Crippen LogP contribution in [0, 0.1) is 16.7 Å². The monoisotopic (exact) mass is 431 g/mol. The van der Waals surface area contributed by atoms with Crippen LogP contribution < -0.4 is 5.73 Å². The predicted molar refractivity (Wildman–Crippen MR) is 122 cm³/mol. The molecule has 2 fully saturated rings. The number of nitriles is 1. The summed E-state index contributed by atoms with van der Waals surface area (Å²) in [5.74, 6) is 0. The van der Waals surface area contributed by atoms with Crippen LogP contribution in [0.2, 0.25) is 0 Å². The molecule has 162 valence electrons. The van der Waals surface area contributed by atoms with Gasteiger partial charge in [-0.2, -0.15) is 5.26 Å². The minimum Gasteiger partial charge on any atom is -0.366 e. The Morgan fingerprint density at radius 2 is 1.80 bits per heavy atom. The van der Waals surface area contributed by atoms with Crippen LogP contribution in [0.25, 0.3) is 5.70 Å². The maximum atomic E-state index is 13.5. The van der Waals surface area contributed by atoms with E-state index in [-0.39, 0.29) is 5.41 Å². The molecule has 2 N–H and O–H groups in total. The number of hydrogen-bond acceptors (Lipinski definition) is 3. The Morgan fingerprint density at radius 1 is 1.27 bits per heavy atom. The number of nitrogens with two attached hydrogens (primary N) is 1. The molecule has 0 radical (unpaired) electrons. The highest BCUT2D eigenvalue weighted by Gasteiger charge is 2.42. The molecular weight excluding hydrogens is 399 g/mol. The molecule has 0 bridgehead atoms. The highest BCUT2D eigenvalue weighted by molar-refractivity contribution is 7.18. The fraction of sp³-hybridized carbons (Fsp3) is 0.542. The Hall–Kier alpha value is -1.76. The van der Waals surface area contributed by atoms with E-state index in [2.05, 4.69) is 30.5 Å². The van der Waals surface area contributed by atoms with Gasteiger partial charge < -0.3 is 10.6 Å². The van der Waals surface area contributed by atoms with E-state index < -0.39 is 11.7 Å². The quantitative estimate of drug-likeness (QED) is 0.425. The van der Waals surface area contributed by atoms with Crippen molar-refractivity contribution in [2.45, 2.75) is 76.2 Å². The van der Waals surface area contributed by atoms with Crippen LogP contribution >= 0.6 is 9.24 Å². The second kappa shape index (κ2) is 8.77. The summed E-state index contributed by atoms with van der Waals surface area (Å²) >= 11 is 0. The molecule has 2 aliphatic carbocycles. The van der Waals surface area contributed by atoms with Crippen molar-refractivity contribution in [3.63, 3.8) is 0 Å².